The average Bonchev–Trinajstić information content (AvgIpc) is 2.68. The lowest BCUT2D eigenvalue weighted by Gasteiger charge is -2.34. The molecule has 0 radical (unpaired) electrons. The maximum Gasteiger partial charge on any atom is 0.353 e. The number of hydrogen-bond donors (Lipinski definition) is 1. The lowest BCUT2D eigenvalue weighted by molar-refractivity contribution is -0.384. The number of benzene rings is 1. The van der Waals surface area contributed by atoms with E-state index in [4.69, 9.17) is 0 Å². The summed E-state index contributed by atoms with van der Waals surface area (Å²) in [6.07, 6.45) is 1.26. The highest BCUT2D eigenvalue weighted by Crippen LogP contribution is 2.34. The number of aromatic nitrogens is 2. The normalized spacial score (nSPS) is 14.8. The van der Waals surface area contributed by atoms with E-state index < -0.39 is 9.85 Å². The summed E-state index contributed by atoms with van der Waals surface area (Å²) in [7, 11) is 0. The molecule has 0 unspecified atom stereocenters. The summed E-state index contributed by atoms with van der Waals surface area (Å²) in [6.45, 7) is 5.85. The van der Waals surface area contributed by atoms with Gasteiger partial charge in [0.05, 0.1) is 9.85 Å². The smallest absolute Gasteiger partial charge is 0.348 e. The van der Waals surface area contributed by atoms with Crippen LogP contribution in [0.4, 0.5) is 28.7 Å². The van der Waals surface area contributed by atoms with E-state index in [1.807, 2.05) is 4.90 Å². The molecule has 0 atom stereocenters. The van der Waals surface area contributed by atoms with Gasteiger partial charge in [0.2, 0.25) is 11.6 Å². The average molecular weight is 373 g/mol. The molecule has 1 aromatic carbocycles. The lowest BCUT2D eigenvalue weighted by Crippen LogP contribution is -2.46. The minimum atomic E-state index is -0.530. The van der Waals surface area contributed by atoms with E-state index in [1.54, 1.807) is 6.07 Å². The third-order valence-corrected chi connectivity index (χ3v) is 4.42. The first-order valence-corrected chi connectivity index (χ1v) is 8.47. The van der Waals surface area contributed by atoms with E-state index in [0.29, 0.717) is 18.8 Å². The number of rotatable bonds is 6. The van der Waals surface area contributed by atoms with Crippen molar-refractivity contribution in [1.29, 1.82) is 0 Å². The largest absolute Gasteiger partial charge is 0.353 e. The van der Waals surface area contributed by atoms with Crippen LogP contribution in [0.5, 0.6) is 0 Å². The molecule has 2 heterocycles. The van der Waals surface area contributed by atoms with Gasteiger partial charge in [0, 0.05) is 44.0 Å². The van der Waals surface area contributed by atoms with E-state index in [-0.39, 0.29) is 23.0 Å². The molecule has 142 valence electrons. The molecule has 0 aliphatic carbocycles. The third-order valence-electron chi connectivity index (χ3n) is 4.42. The van der Waals surface area contributed by atoms with E-state index in [9.17, 15) is 20.2 Å². The first-order chi connectivity index (χ1) is 13.0. The Kier molecular flexibility index (Phi) is 5.41. The number of hydrogen-bond acceptors (Lipinski definition) is 9. The predicted octanol–water partition coefficient (Wildman–Crippen LogP) is 2.18. The summed E-state index contributed by atoms with van der Waals surface area (Å²) in [5.41, 5.74) is -0.0191. The Bertz CT molecular complexity index is 852. The van der Waals surface area contributed by atoms with Crippen molar-refractivity contribution in [3.8, 4) is 0 Å². The van der Waals surface area contributed by atoms with Crippen molar-refractivity contribution < 1.29 is 9.85 Å². The van der Waals surface area contributed by atoms with Crippen LogP contribution in [-0.4, -0.2) is 57.4 Å². The van der Waals surface area contributed by atoms with Gasteiger partial charge in [-0.15, -0.1) is 0 Å². The number of likely N-dealkylation sites (N-methyl/N-ethyl adjacent to an activating group) is 1. The Morgan fingerprint density at radius 1 is 1.11 bits per heavy atom. The topological polar surface area (TPSA) is 131 Å². The Morgan fingerprint density at radius 2 is 1.85 bits per heavy atom. The van der Waals surface area contributed by atoms with Gasteiger partial charge in [-0.05, 0) is 12.6 Å². The molecule has 1 N–H and O–H groups in total. The Labute approximate surface area is 154 Å². The summed E-state index contributed by atoms with van der Waals surface area (Å²) in [5.74, 6) is 0.252. The van der Waals surface area contributed by atoms with Crippen molar-refractivity contribution in [2.75, 3.05) is 42.9 Å². The van der Waals surface area contributed by atoms with Crippen LogP contribution >= 0.6 is 0 Å². The van der Waals surface area contributed by atoms with Gasteiger partial charge in [0.1, 0.15) is 6.33 Å². The number of non-ortho nitro benzene ring substituents is 1. The zero-order valence-corrected chi connectivity index (χ0v) is 14.7. The van der Waals surface area contributed by atoms with E-state index in [0.717, 1.165) is 19.6 Å². The van der Waals surface area contributed by atoms with Gasteiger partial charge in [-0.25, -0.2) is 9.97 Å². The molecule has 0 saturated carbocycles. The number of nitrogens with zero attached hydrogens (tertiary/aromatic N) is 6. The van der Waals surface area contributed by atoms with Crippen LogP contribution in [0, 0.1) is 20.2 Å². The first kappa shape index (κ1) is 18.5. The summed E-state index contributed by atoms with van der Waals surface area (Å²) in [6, 6.07) is 5.72. The molecule has 1 aliphatic rings. The highest BCUT2D eigenvalue weighted by atomic mass is 16.6. The fraction of sp³-hybridized carbons (Fsp3) is 0.375. The summed E-state index contributed by atoms with van der Waals surface area (Å²) in [4.78, 5) is 33.8. The predicted molar refractivity (Wildman–Crippen MR) is 99.4 cm³/mol. The maximum atomic E-state index is 11.7. The van der Waals surface area contributed by atoms with E-state index in [1.165, 1.54) is 24.5 Å². The van der Waals surface area contributed by atoms with Crippen LogP contribution in [0.3, 0.4) is 0 Å². The molecule has 11 nitrogen and oxygen atoms in total. The van der Waals surface area contributed by atoms with Gasteiger partial charge in [0.15, 0.2) is 0 Å². The number of nitro benzene ring substituents is 1. The minimum absolute atomic E-state index is 0.00317. The number of anilines is 3. The maximum absolute atomic E-state index is 11.7. The van der Waals surface area contributed by atoms with Crippen molar-refractivity contribution in [3.63, 3.8) is 0 Å². The Balaban J connectivity index is 1.91. The van der Waals surface area contributed by atoms with E-state index in [2.05, 4.69) is 27.1 Å². The lowest BCUT2D eigenvalue weighted by atomic mass is 10.2. The SMILES string of the molecule is CCN1CCN(c2ncnc(Nc3cccc([N+](=O)[O-])c3)c2[N+](=O)[O-])CC1. The van der Waals surface area contributed by atoms with Gasteiger partial charge in [0.25, 0.3) is 5.69 Å². The van der Waals surface area contributed by atoms with Crippen molar-refractivity contribution in [2.24, 2.45) is 0 Å². The third kappa shape index (κ3) is 4.08. The second kappa shape index (κ2) is 7.91. The molecule has 1 fully saturated rings. The summed E-state index contributed by atoms with van der Waals surface area (Å²) in [5, 5.41) is 25.5. The molecule has 27 heavy (non-hydrogen) atoms. The second-order valence-electron chi connectivity index (χ2n) is 6.01. The van der Waals surface area contributed by atoms with Gasteiger partial charge < -0.3 is 15.1 Å². The van der Waals surface area contributed by atoms with E-state index >= 15 is 0 Å². The fourth-order valence-corrected chi connectivity index (χ4v) is 2.97. The highest BCUT2D eigenvalue weighted by Gasteiger charge is 2.29. The van der Waals surface area contributed by atoms with Crippen molar-refractivity contribution in [2.45, 2.75) is 6.92 Å². The zero-order chi connectivity index (χ0) is 19.4. The first-order valence-electron chi connectivity index (χ1n) is 8.47. The van der Waals surface area contributed by atoms with Crippen LogP contribution in [0.2, 0.25) is 0 Å². The van der Waals surface area contributed by atoms with Crippen LogP contribution in [0.15, 0.2) is 30.6 Å². The molecule has 0 spiro atoms. The quantitative estimate of drug-likeness (QED) is 0.598. The summed E-state index contributed by atoms with van der Waals surface area (Å²) >= 11 is 0. The van der Waals surface area contributed by atoms with Gasteiger partial charge in [-0.2, -0.15) is 0 Å². The fourth-order valence-electron chi connectivity index (χ4n) is 2.97. The zero-order valence-electron chi connectivity index (χ0n) is 14.7. The van der Waals surface area contributed by atoms with Crippen LogP contribution in [0.1, 0.15) is 6.92 Å². The number of nitro groups is 2. The highest BCUT2D eigenvalue weighted by molar-refractivity contribution is 5.75. The van der Waals surface area contributed by atoms with Crippen molar-refractivity contribution in [1.82, 2.24) is 14.9 Å². The number of piperazine rings is 1. The molecule has 0 amide bonds. The van der Waals surface area contributed by atoms with Crippen LogP contribution in [0.25, 0.3) is 0 Å². The monoisotopic (exact) mass is 373 g/mol. The molecular weight excluding hydrogens is 354 g/mol. The van der Waals surface area contributed by atoms with Crippen molar-refractivity contribution >= 4 is 28.7 Å². The minimum Gasteiger partial charge on any atom is -0.348 e. The molecule has 3 rings (SSSR count). The molecule has 2 aromatic rings. The Hall–Kier alpha value is -3.34. The number of nitrogens with one attached hydrogen (secondary N) is 1. The molecule has 1 aromatic heterocycles. The molecule has 1 aliphatic heterocycles. The Morgan fingerprint density at radius 3 is 2.48 bits per heavy atom. The molecule has 11 heteroatoms. The molecular formula is C16H19N7O4. The second-order valence-corrected chi connectivity index (χ2v) is 6.01. The van der Waals surface area contributed by atoms with Gasteiger partial charge in [-0.3, -0.25) is 20.2 Å². The summed E-state index contributed by atoms with van der Waals surface area (Å²) < 4.78 is 0. The standard InChI is InChI=1S/C16H19N7O4/c1-2-20-6-8-21(9-7-20)16-14(23(26)27)15(17-11-18-16)19-12-4-3-5-13(10-12)22(24)25/h3-5,10-11H,2,6-9H2,1H3,(H,17,18,19). The van der Waals surface area contributed by atoms with Crippen LogP contribution in [-0.2, 0) is 0 Å². The van der Waals surface area contributed by atoms with Gasteiger partial charge >= 0.3 is 5.69 Å². The van der Waals surface area contributed by atoms with Gasteiger partial charge in [-0.1, -0.05) is 13.0 Å². The van der Waals surface area contributed by atoms with Crippen molar-refractivity contribution in [3.05, 3.63) is 50.8 Å². The molecule has 0 bridgehead atoms. The van der Waals surface area contributed by atoms with Crippen LogP contribution < -0.4 is 10.2 Å². The molecule has 1 saturated heterocycles.